The van der Waals surface area contributed by atoms with Gasteiger partial charge in [-0.25, -0.2) is 9.67 Å². The summed E-state index contributed by atoms with van der Waals surface area (Å²) in [6, 6.07) is 0. The Kier molecular flexibility index (Phi) is 1.81. The van der Waals surface area contributed by atoms with Gasteiger partial charge < -0.3 is 5.73 Å². The molecule has 2 heterocycles. The van der Waals surface area contributed by atoms with Crippen LogP contribution in [0.5, 0.6) is 0 Å². The molecule has 0 aliphatic carbocycles. The number of hydrogen-bond donors (Lipinski definition) is 1. The van der Waals surface area contributed by atoms with Gasteiger partial charge in [0.2, 0.25) is 5.95 Å². The summed E-state index contributed by atoms with van der Waals surface area (Å²) in [6.45, 7) is 2.70. The summed E-state index contributed by atoms with van der Waals surface area (Å²) < 4.78 is 1.72. The maximum Gasteiger partial charge on any atom is 0.223 e. The first-order valence-electron chi connectivity index (χ1n) is 3.87. The summed E-state index contributed by atoms with van der Waals surface area (Å²) >= 11 is 5.85. The molecule has 0 atom stereocenters. The van der Waals surface area contributed by atoms with Gasteiger partial charge in [0.15, 0.2) is 5.65 Å². The molecular formula is C7H8ClN5. The van der Waals surface area contributed by atoms with Gasteiger partial charge in [0.25, 0.3) is 0 Å². The van der Waals surface area contributed by atoms with Crippen molar-refractivity contribution in [1.82, 2.24) is 19.7 Å². The van der Waals surface area contributed by atoms with Crippen LogP contribution >= 0.6 is 11.6 Å². The van der Waals surface area contributed by atoms with Crippen molar-refractivity contribution < 1.29 is 0 Å². The van der Waals surface area contributed by atoms with E-state index >= 15 is 0 Å². The highest BCUT2D eigenvalue weighted by Crippen LogP contribution is 2.20. The summed E-state index contributed by atoms with van der Waals surface area (Å²) in [5, 5.41) is 5.17. The first kappa shape index (κ1) is 8.25. The smallest absolute Gasteiger partial charge is 0.223 e. The highest BCUT2D eigenvalue weighted by molar-refractivity contribution is 6.34. The highest BCUT2D eigenvalue weighted by Gasteiger charge is 2.08. The topological polar surface area (TPSA) is 69.6 Å². The molecule has 0 spiro atoms. The molecule has 0 saturated heterocycles. The molecule has 2 N–H and O–H groups in total. The molecule has 2 aromatic rings. The van der Waals surface area contributed by atoms with Crippen LogP contribution in [0.15, 0.2) is 6.20 Å². The molecule has 0 radical (unpaired) electrons. The molecule has 0 bridgehead atoms. The largest absolute Gasteiger partial charge is 0.368 e. The number of aryl methyl sites for hydroxylation is 1. The molecule has 0 fully saturated rings. The van der Waals surface area contributed by atoms with Gasteiger partial charge in [-0.05, 0) is 6.92 Å². The molecule has 0 aliphatic rings. The third-order valence-corrected chi connectivity index (χ3v) is 2.05. The van der Waals surface area contributed by atoms with Crippen LogP contribution in [0, 0.1) is 0 Å². The summed E-state index contributed by atoms with van der Waals surface area (Å²) in [5.74, 6) is 0.174. The van der Waals surface area contributed by atoms with E-state index in [0.29, 0.717) is 10.8 Å². The molecule has 0 amide bonds. The molecule has 2 rings (SSSR count). The van der Waals surface area contributed by atoms with E-state index in [-0.39, 0.29) is 5.95 Å². The molecule has 2 aromatic heterocycles. The standard InChI is InChI=1S/C7H8ClN5/c1-2-13-6-4(3-10-13)5(8)11-7(9)12-6/h3H,2H2,1H3,(H2,9,11,12). The fourth-order valence-electron chi connectivity index (χ4n) is 1.17. The first-order chi connectivity index (χ1) is 6.22. The zero-order chi connectivity index (χ0) is 9.42. The van der Waals surface area contributed by atoms with Crippen molar-refractivity contribution in [3.05, 3.63) is 11.3 Å². The van der Waals surface area contributed by atoms with Crippen molar-refractivity contribution in [2.45, 2.75) is 13.5 Å². The molecule has 0 saturated carbocycles. The molecule has 0 unspecified atom stereocenters. The van der Waals surface area contributed by atoms with E-state index in [1.165, 1.54) is 0 Å². The van der Waals surface area contributed by atoms with Crippen molar-refractivity contribution in [1.29, 1.82) is 0 Å². The number of nitrogen functional groups attached to an aromatic ring is 1. The van der Waals surface area contributed by atoms with Crippen LogP contribution in [0.4, 0.5) is 5.95 Å². The Bertz CT molecular complexity index is 449. The Morgan fingerprint density at radius 1 is 1.54 bits per heavy atom. The summed E-state index contributed by atoms with van der Waals surface area (Å²) in [4.78, 5) is 7.88. The van der Waals surface area contributed by atoms with Crippen molar-refractivity contribution in [2.24, 2.45) is 0 Å². The lowest BCUT2D eigenvalue weighted by molar-refractivity contribution is 0.677. The maximum absolute atomic E-state index is 5.85. The minimum atomic E-state index is 0.174. The number of nitrogens with two attached hydrogens (primary N) is 1. The molecule has 5 nitrogen and oxygen atoms in total. The highest BCUT2D eigenvalue weighted by atomic mass is 35.5. The molecule has 0 aliphatic heterocycles. The van der Waals surface area contributed by atoms with Crippen LogP contribution in [0.3, 0.4) is 0 Å². The van der Waals surface area contributed by atoms with Gasteiger partial charge in [0.05, 0.1) is 11.6 Å². The Morgan fingerprint density at radius 2 is 2.31 bits per heavy atom. The first-order valence-corrected chi connectivity index (χ1v) is 4.24. The number of anilines is 1. The van der Waals surface area contributed by atoms with E-state index in [1.807, 2.05) is 6.92 Å². The van der Waals surface area contributed by atoms with Crippen LogP contribution < -0.4 is 5.73 Å². The zero-order valence-electron chi connectivity index (χ0n) is 7.03. The summed E-state index contributed by atoms with van der Waals surface area (Å²) in [7, 11) is 0. The lowest BCUT2D eigenvalue weighted by Gasteiger charge is -1.98. The van der Waals surface area contributed by atoms with Crippen molar-refractivity contribution in [3.8, 4) is 0 Å². The van der Waals surface area contributed by atoms with Crippen LogP contribution in [-0.4, -0.2) is 19.7 Å². The van der Waals surface area contributed by atoms with Crippen LogP contribution in [0.2, 0.25) is 5.15 Å². The van der Waals surface area contributed by atoms with Crippen molar-refractivity contribution in [2.75, 3.05) is 5.73 Å². The predicted octanol–water partition coefficient (Wildman–Crippen LogP) is 1.08. The Balaban J connectivity index is 2.82. The number of fused-ring (bicyclic) bond motifs is 1. The Hall–Kier alpha value is -1.36. The predicted molar refractivity (Wildman–Crippen MR) is 50.4 cm³/mol. The van der Waals surface area contributed by atoms with E-state index in [1.54, 1.807) is 10.9 Å². The van der Waals surface area contributed by atoms with E-state index in [9.17, 15) is 0 Å². The average Bonchev–Trinajstić information content (AvgIpc) is 2.47. The van der Waals surface area contributed by atoms with E-state index < -0.39 is 0 Å². The fourth-order valence-corrected chi connectivity index (χ4v) is 1.39. The molecule has 0 aromatic carbocycles. The molecule has 68 valence electrons. The number of nitrogens with zero attached hydrogens (tertiary/aromatic N) is 4. The van der Waals surface area contributed by atoms with Gasteiger partial charge in [0.1, 0.15) is 5.15 Å². The van der Waals surface area contributed by atoms with Gasteiger partial charge >= 0.3 is 0 Å². The molecule has 13 heavy (non-hydrogen) atoms. The SMILES string of the molecule is CCn1ncc2c(Cl)nc(N)nc21. The summed E-state index contributed by atoms with van der Waals surface area (Å²) in [6.07, 6.45) is 1.64. The Morgan fingerprint density at radius 3 is 3.00 bits per heavy atom. The number of hydrogen-bond acceptors (Lipinski definition) is 4. The van der Waals surface area contributed by atoms with Crippen LogP contribution in [-0.2, 0) is 6.54 Å². The van der Waals surface area contributed by atoms with Gasteiger partial charge in [-0.3, -0.25) is 0 Å². The lowest BCUT2D eigenvalue weighted by Crippen LogP contribution is -2.01. The van der Waals surface area contributed by atoms with Crippen LogP contribution in [0.1, 0.15) is 6.92 Å². The minimum absolute atomic E-state index is 0.174. The van der Waals surface area contributed by atoms with Crippen molar-refractivity contribution in [3.63, 3.8) is 0 Å². The third-order valence-electron chi connectivity index (χ3n) is 1.77. The molecular weight excluding hydrogens is 190 g/mol. The number of halogens is 1. The lowest BCUT2D eigenvalue weighted by atomic mass is 10.4. The minimum Gasteiger partial charge on any atom is -0.368 e. The van der Waals surface area contributed by atoms with E-state index in [4.69, 9.17) is 17.3 Å². The fraction of sp³-hybridized carbons (Fsp3) is 0.286. The second kappa shape index (κ2) is 2.85. The second-order valence-corrected chi connectivity index (χ2v) is 2.93. The summed E-state index contributed by atoms with van der Waals surface area (Å²) in [5.41, 5.74) is 6.14. The van der Waals surface area contributed by atoms with Gasteiger partial charge in [-0.2, -0.15) is 10.1 Å². The quantitative estimate of drug-likeness (QED) is 0.695. The third kappa shape index (κ3) is 1.21. The zero-order valence-corrected chi connectivity index (χ0v) is 7.78. The Labute approximate surface area is 79.5 Å². The second-order valence-electron chi connectivity index (χ2n) is 2.57. The van der Waals surface area contributed by atoms with E-state index in [2.05, 4.69) is 15.1 Å². The van der Waals surface area contributed by atoms with Gasteiger partial charge in [-0.15, -0.1) is 0 Å². The number of aromatic nitrogens is 4. The number of rotatable bonds is 1. The maximum atomic E-state index is 5.85. The molecule has 6 heteroatoms. The van der Waals surface area contributed by atoms with Crippen LogP contribution in [0.25, 0.3) is 11.0 Å². The van der Waals surface area contributed by atoms with E-state index in [0.717, 1.165) is 11.9 Å². The monoisotopic (exact) mass is 197 g/mol. The van der Waals surface area contributed by atoms with Gasteiger partial charge in [0, 0.05) is 6.54 Å². The normalized spacial score (nSPS) is 10.9. The average molecular weight is 198 g/mol. The van der Waals surface area contributed by atoms with Gasteiger partial charge in [-0.1, -0.05) is 11.6 Å². The van der Waals surface area contributed by atoms with Crippen molar-refractivity contribution >= 4 is 28.6 Å².